The third-order valence-electron chi connectivity index (χ3n) is 9.79. The Bertz CT molecular complexity index is 1850. The summed E-state index contributed by atoms with van der Waals surface area (Å²) >= 11 is 0. The minimum atomic E-state index is -0.786. The molecular weight excluding hydrogens is 580 g/mol. The SMILES string of the molecule is CN1CCN(CC(=O)N2CCC(c3cccc(Nc4ncc5c(=O)c(C(N)=O)cn(-c6ccc7c(c6)CCC7)c5n4)c3)CC2)CC1. The number of primary amides is 1. The number of piperidine rings is 1. The van der Waals surface area contributed by atoms with Crippen molar-refractivity contribution in [1.82, 2.24) is 29.2 Å². The third kappa shape index (κ3) is 6.12. The second-order valence-electron chi connectivity index (χ2n) is 12.8. The van der Waals surface area contributed by atoms with Crippen LogP contribution in [0.2, 0.25) is 0 Å². The highest BCUT2D eigenvalue weighted by Crippen LogP contribution is 2.31. The Morgan fingerprint density at radius 1 is 0.978 bits per heavy atom. The van der Waals surface area contributed by atoms with E-state index in [2.05, 4.69) is 51.4 Å². The molecule has 7 rings (SSSR count). The fraction of sp³-hybridized carbons (Fsp3) is 0.400. The first-order valence-corrected chi connectivity index (χ1v) is 16.2. The maximum atomic E-state index is 13.2. The molecule has 2 saturated heterocycles. The van der Waals surface area contributed by atoms with Crippen molar-refractivity contribution >= 4 is 34.5 Å². The zero-order valence-electron chi connectivity index (χ0n) is 26.2. The van der Waals surface area contributed by atoms with Crippen molar-refractivity contribution in [1.29, 1.82) is 0 Å². The van der Waals surface area contributed by atoms with Crippen LogP contribution in [0, 0.1) is 0 Å². The lowest BCUT2D eigenvalue weighted by atomic mass is 9.89. The Morgan fingerprint density at radius 2 is 1.76 bits per heavy atom. The maximum absolute atomic E-state index is 13.2. The van der Waals surface area contributed by atoms with Gasteiger partial charge >= 0.3 is 0 Å². The Hall–Kier alpha value is -4.61. The minimum Gasteiger partial charge on any atom is -0.365 e. The number of nitrogens with two attached hydrogens (primary N) is 1. The number of nitrogens with one attached hydrogen (secondary N) is 1. The van der Waals surface area contributed by atoms with E-state index in [0.717, 1.165) is 82.7 Å². The Morgan fingerprint density at radius 3 is 2.54 bits per heavy atom. The van der Waals surface area contributed by atoms with Crippen molar-refractivity contribution in [3.8, 4) is 5.69 Å². The highest BCUT2D eigenvalue weighted by molar-refractivity contribution is 5.96. The lowest BCUT2D eigenvalue weighted by molar-refractivity contribution is -0.133. The molecule has 0 bridgehead atoms. The van der Waals surface area contributed by atoms with E-state index < -0.39 is 11.3 Å². The number of rotatable bonds is 7. The topological polar surface area (TPSA) is 130 Å². The van der Waals surface area contributed by atoms with E-state index in [4.69, 9.17) is 10.7 Å². The maximum Gasteiger partial charge on any atom is 0.254 e. The molecule has 0 unspecified atom stereocenters. The fourth-order valence-electron chi connectivity index (χ4n) is 7.01. The average Bonchev–Trinajstić information content (AvgIpc) is 3.54. The van der Waals surface area contributed by atoms with Crippen molar-refractivity contribution < 1.29 is 9.59 Å². The molecule has 2 aromatic carbocycles. The molecule has 4 heterocycles. The lowest BCUT2D eigenvalue weighted by Gasteiger charge is -2.36. The molecule has 3 aliphatic rings. The van der Waals surface area contributed by atoms with Crippen LogP contribution in [0.4, 0.5) is 11.6 Å². The van der Waals surface area contributed by atoms with E-state index in [9.17, 15) is 14.4 Å². The third-order valence-corrected chi connectivity index (χ3v) is 9.79. The Kier molecular flexibility index (Phi) is 8.27. The molecule has 2 amide bonds. The van der Waals surface area contributed by atoms with Crippen molar-refractivity contribution in [2.75, 3.05) is 58.2 Å². The van der Waals surface area contributed by atoms with Gasteiger partial charge in [-0.05, 0) is 86.0 Å². The summed E-state index contributed by atoms with van der Waals surface area (Å²) in [5.74, 6) is 0.138. The number of hydrogen-bond acceptors (Lipinski definition) is 8. The number of anilines is 2. The molecule has 2 aromatic heterocycles. The van der Waals surface area contributed by atoms with Crippen molar-refractivity contribution in [3.63, 3.8) is 0 Å². The summed E-state index contributed by atoms with van der Waals surface area (Å²) in [7, 11) is 2.12. The van der Waals surface area contributed by atoms with Crippen LogP contribution in [-0.4, -0.2) is 93.9 Å². The number of fused-ring (bicyclic) bond motifs is 2. The Labute approximate surface area is 268 Å². The van der Waals surface area contributed by atoms with Crippen LogP contribution in [-0.2, 0) is 17.6 Å². The average molecular weight is 621 g/mol. The summed E-state index contributed by atoms with van der Waals surface area (Å²) in [5.41, 5.74) is 10.8. The summed E-state index contributed by atoms with van der Waals surface area (Å²) in [6.45, 7) is 5.93. The first-order chi connectivity index (χ1) is 22.3. The highest BCUT2D eigenvalue weighted by atomic mass is 16.2. The van der Waals surface area contributed by atoms with Gasteiger partial charge in [0.05, 0.1) is 11.9 Å². The zero-order chi connectivity index (χ0) is 31.8. The summed E-state index contributed by atoms with van der Waals surface area (Å²) in [6, 6.07) is 14.4. The van der Waals surface area contributed by atoms with Gasteiger partial charge in [0.15, 0.2) is 5.65 Å². The molecule has 0 radical (unpaired) electrons. The van der Waals surface area contributed by atoms with Gasteiger partial charge < -0.3 is 25.4 Å². The molecule has 3 N–H and O–H groups in total. The van der Waals surface area contributed by atoms with E-state index >= 15 is 0 Å². The van der Waals surface area contributed by atoms with E-state index in [0.29, 0.717) is 24.1 Å². The molecule has 11 nitrogen and oxygen atoms in total. The number of amides is 2. The van der Waals surface area contributed by atoms with Gasteiger partial charge in [0.2, 0.25) is 17.3 Å². The largest absolute Gasteiger partial charge is 0.365 e. The predicted molar refractivity (Wildman–Crippen MR) is 178 cm³/mol. The van der Waals surface area contributed by atoms with Crippen LogP contribution in [0.25, 0.3) is 16.7 Å². The molecule has 2 aliphatic heterocycles. The minimum absolute atomic E-state index is 0.0999. The molecule has 46 heavy (non-hydrogen) atoms. The van der Waals surface area contributed by atoms with Crippen molar-refractivity contribution in [3.05, 3.63) is 87.3 Å². The number of carbonyl (C=O) groups excluding carboxylic acids is 2. The first-order valence-electron chi connectivity index (χ1n) is 16.2. The zero-order valence-corrected chi connectivity index (χ0v) is 26.2. The molecular formula is C35H40N8O3. The second kappa shape index (κ2) is 12.6. The normalized spacial score (nSPS) is 17.7. The number of piperazine rings is 1. The van der Waals surface area contributed by atoms with Crippen molar-refractivity contribution in [2.24, 2.45) is 5.73 Å². The summed E-state index contributed by atoms with van der Waals surface area (Å²) in [6.07, 6.45) is 7.94. The molecule has 238 valence electrons. The number of pyridine rings is 1. The van der Waals surface area contributed by atoms with E-state index in [1.807, 2.05) is 23.1 Å². The summed E-state index contributed by atoms with van der Waals surface area (Å²) < 4.78 is 1.76. The predicted octanol–water partition coefficient (Wildman–Crippen LogP) is 3.07. The molecule has 2 fully saturated rings. The van der Waals surface area contributed by atoms with Crippen LogP contribution in [0.5, 0.6) is 0 Å². The molecule has 1 aliphatic carbocycles. The molecule has 4 aromatic rings. The van der Waals surface area contributed by atoms with Gasteiger partial charge in [0.25, 0.3) is 5.91 Å². The van der Waals surface area contributed by atoms with Crippen LogP contribution >= 0.6 is 0 Å². The summed E-state index contributed by atoms with van der Waals surface area (Å²) in [4.78, 5) is 54.1. The van der Waals surface area contributed by atoms with Gasteiger partial charge in [-0.3, -0.25) is 19.3 Å². The number of carbonyl (C=O) groups is 2. The second-order valence-corrected chi connectivity index (χ2v) is 12.8. The molecule has 11 heteroatoms. The standard InChI is InChI=1S/C35H40N8O3/c1-40-14-16-41(17-15-40)22-31(44)42-12-10-24(11-13-42)25-6-3-7-27(18-25)38-35-37-20-29-32(45)30(33(36)46)21-43(34(29)39-35)28-9-8-23-4-2-5-26(23)19-28/h3,6-9,18-21,24H,2,4-5,10-17,22H2,1H3,(H2,36,46)(H,37,38,39). The monoisotopic (exact) mass is 620 g/mol. The fourth-order valence-corrected chi connectivity index (χ4v) is 7.01. The van der Waals surface area contributed by atoms with E-state index in [1.165, 1.54) is 29.1 Å². The lowest BCUT2D eigenvalue weighted by Crippen LogP contribution is -2.50. The van der Waals surface area contributed by atoms with Crippen LogP contribution in [0.1, 0.15) is 52.2 Å². The number of nitrogens with zero attached hydrogens (tertiary/aromatic N) is 6. The van der Waals surface area contributed by atoms with Gasteiger partial charge in [-0.2, -0.15) is 4.98 Å². The molecule has 0 spiro atoms. The Balaban J connectivity index is 1.09. The van der Waals surface area contributed by atoms with Crippen molar-refractivity contribution in [2.45, 2.75) is 38.0 Å². The van der Waals surface area contributed by atoms with Gasteiger partial charge in [-0.15, -0.1) is 0 Å². The molecule has 0 atom stereocenters. The van der Waals surface area contributed by atoms with Gasteiger partial charge in [0, 0.05) is 63.0 Å². The number of aromatic nitrogens is 3. The number of aryl methyl sites for hydroxylation is 2. The highest BCUT2D eigenvalue weighted by Gasteiger charge is 2.26. The smallest absolute Gasteiger partial charge is 0.254 e. The van der Waals surface area contributed by atoms with E-state index in [1.54, 1.807) is 4.57 Å². The number of benzene rings is 2. The van der Waals surface area contributed by atoms with Gasteiger partial charge in [0.1, 0.15) is 5.56 Å². The molecule has 0 saturated carbocycles. The van der Waals surface area contributed by atoms with E-state index in [-0.39, 0.29) is 16.9 Å². The van der Waals surface area contributed by atoms with Crippen LogP contribution in [0.15, 0.2) is 59.7 Å². The van der Waals surface area contributed by atoms with Gasteiger partial charge in [-0.25, -0.2) is 4.98 Å². The number of likely N-dealkylation sites (tertiary alicyclic amines) is 1. The van der Waals surface area contributed by atoms with Crippen LogP contribution < -0.4 is 16.5 Å². The number of likely N-dealkylation sites (N-methyl/N-ethyl adjacent to an activating group) is 1. The van der Waals surface area contributed by atoms with Crippen LogP contribution in [0.3, 0.4) is 0 Å². The quantitative estimate of drug-likeness (QED) is 0.323. The first kappa shape index (κ1) is 30.1. The van der Waals surface area contributed by atoms with Gasteiger partial charge in [-0.1, -0.05) is 18.2 Å². The number of hydrogen-bond donors (Lipinski definition) is 2. The summed E-state index contributed by atoms with van der Waals surface area (Å²) in [5, 5.41) is 3.55.